The molecule has 0 saturated heterocycles. The molecule has 0 aromatic heterocycles. The summed E-state index contributed by atoms with van der Waals surface area (Å²) in [6, 6.07) is 21.2. The molecule has 0 aliphatic heterocycles. The third-order valence-electron chi connectivity index (χ3n) is 8.28. The number of aryl methyl sites for hydroxylation is 1. The van der Waals surface area contributed by atoms with Crippen LogP contribution in [0.25, 0.3) is 22.3 Å². The fraction of sp³-hybridized carbons (Fsp3) is 0.333. The van der Waals surface area contributed by atoms with Crippen LogP contribution < -0.4 is 10.1 Å². The molecule has 0 saturated carbocycles. The van der Waals surface area contributed by atoms with Crippen LogP contribution in [-0.4, -0.2) is 30.1 Å². The third-order valence-corrected chi connectivity index (χ3v) is 8.28. The Bertz CT molecular complexity index is 1690. The zero-order valence-corrected chi connectivity index (χ0v) is 27.8. The van der Waals surface area contributed by atoms with Gasteiger partial charge in [0.1, 0.15) is 12.4 Å². The summed E-state index contributed by atoms with van der Waals surface area (Å²) in [5.74, 6) is -1.97. The molecule has 4 aromatic carbocycles. The highest BCUT2D eigenvalue weighted by Gasteiger charge is 2.33. The average molecular weight is 700 g/mol. The van der Waals surface area contributed by atoms with Gasteiger partial charge >= 0.3 is 18.3 Å². The van der Waals surface area contributed by atoms with E-state index in [2.05, 4.69) is 17.4 Å². The van der Waals surface area contributed by atoms with Crippen LogP contribution in [0.1, 0.15) is 73.0 Å². The minimum Gasteiger partial charge on any atom is -0.491 e. The van der Waals surface area contributed by atoms with Crippen molar-refractivity contribution in [1.29, 1.82) is 0 Å². The van der Waals surface area contributed by atoms with E-state index in [4.69, 9.17) is 4.74 Å². The molecule has 50 heavy (non-hydrogen) atoms. The maximum Gasteiger partial charge on any atom is 0.416 e. The number of carboxylic acid groups (broad SMARTS) is 1. The molecule has 0 spiro atoms. The molecular weight excluding hydrogens is 660 g/mol. The van der Waals surface area contributed by atoms with Gasteiger partial charge in [-0.05, 0) is 86.2 Å². The predicted octanol–water partition coefficient (Wildman–Crippen LogP) is 10.5. The molecule has 4 aromatic rings. The van der Waals surface area contributed by atoms with Crippen LogP contribution in [0, 0.1) is 5.41 Å². The van der Waals surface area contributed by atoms with E-state index in [-0.39, 0.29) is 33.6 Å². The number of carboxylic acids is 1. The number of ether oxygens (including phenoxy) is 1. The molecule has 0 heterocycles. The van der Waals surface area contributed by atoms with Crippen molar-refractivity contribution in [3.05, 3.63) is 113 Å². The number of amides is 1. The summed E-state index contributed by atoms with van der Waals surface area (Å²) >= 11 is 0. The highest BCUT2D eigenvalue weighted by Crippen LogP contribution is 2.44. The summed E-state index contributed by atoms with van der Waals surface area (Å²) in [6.45, 7) is 2.57. The van der Waals surface area contributed by atoms with E-state index in [0.29, 0.717) is 13.0 Å². The highest BCUT2D eigenvalue weighted by molar-refractivity contribution is 5.99. The van der Waals surface area contributed by atoms with Crippen molar-refractivity contribution >= 4 is 11.9 Å². The van der Waals surface area contributed by atoms with Crippen molar-refractivity contribution in [2.75, 3.05) is 13.2 Å². The molecule has 0 fully saturated rings. The van der Waals surface area contributed by atoms with E-state index in [1.165, 1.54) is 55.8 Å². The van der Waals surface area contributed by atoms with Gasteiger partial charge < -0.3 is 15.2 Å². The van der Waals surface area contributed by atoms with E-state index in [1.54, 1.807) is 0 Å². The van der Waals surface area contributed by atoms with Crippen molar-refractivity contribution in [2.24, 2.45) is 5.41 Å². The number of rotatable bonds is 15. The number of benzene rings is 4. The Labute approximate surface area is 287 Å². The quantitative estimate of drug-likeness (QED) is 0.0957. The lowest BCUT2D eigenvalue weighted by atomic mass is 9.91. The lowest BCUT2D eigenvalue weighted by Gasteiger charge is -2.24. The minimum atomic E-state index is -4.72. The van der Waals surface area contributed by atoms with Gasteiger partial charge in [-0.25, -0.2) is 0 Å². The smallest absolute Gasteiger partial charge is 0.416 e. The number of unbranched alkanes of at least 4 members (excludes halogenated alkanes) is 4. The van der Waals surface area contributed by atoms with Crippen LogP contribution in [0.15, 0.2) is 91.0 Å². The van der Waals surface area contributed by atoms with Crippen LogP contribution in [0.5, 0.6) is 5.75 Å². The first-order valence-electron chi connectivity index (χ1n) is 16.3. The molecule has 5 nitrogen and oxygen atoms in total. The van der Waals surface area contributed by atoms with Crippen LogP contribution in [-0.2, 0) is 23.6 Å². The number of carbonyl (C=O) groups is 2. The number of carbonyl (C=O) groups excluding carboxylic acids is 1. The molecule has 266 valence electrons. The Hall–Kier alpha value is -4.80. The van der Waals surface area contributed by atoms with Crippen LogP contribution >= 0.6 is 0 Å². The van der Waals surface area contributed by atoms with Crippen molar-refractivity contribution in [2.45, 2.75) is 64.7 Å². The molecule has 0 radical (unpaired) electrons. The Morgan fingerprint density at radius 1 is 0.680 bits per heavy atom. The Kier molecular flexibility index (Phi) is 12.4. The highest BCUT2D eigenvalue weighted by atomic mass is 19.4. The Morgan fingerprint density at radius 2 is 1.20 bits per heavy atom. The molecular formula is C39H39F6NO4. The number of hydrogen-bond acceptors (Lipinski definition) is 3. The van der Waals surface area contributed by atoms with Gasteiger partial charge in [-0.1, -0.05) is 73.9 Å². The normalized spacial score (nSPS) is 12.1. The summed E-state index contributed by atoms with van der Waals surface area (Å²) in [7, 11) is 0. The molecule has 2 N–H and O–H groups in total. The maximum absolute atomic E-state index is 13.8. The molecule has 0 bridgehead atoms. The van der Waals surface area contributed by atoms with Gasteiger partial charge in [0, 0.05) is 23.2 Å². The Balaban J connectivity index is 1.67. The van der Waals surface area contributed by atoms with Gasteiger partial charge in [-0.2, -0.15) is 26.3 Å². The fourth-order valence-corrected chi connectivity index (χ4v) is 5.32. The van der Waals surface area contributed by atoms with E-state index in [0.717, 1.165) is 56.4 Å². The lowest BCUT2D eigenvalue weighted by molar-refractivity contribution is -0.148. The van der Waals surface area contributed by atoms with Crippen LogP contribution in [0.3, 0.4) is 0 Å². The van der Waals surface area contributed by atoms with E-state index >= 15 is 0 Å². The molecule has 11 heteroatoms. The van der Waals surface area contributed by atoms with Gasteiger partial charge in [-0.15, -0.1) is 0 Å². The van der Waals surface area contributed by atoms with Crippen molar-refractivity contribution in [3.8, 4) is 28.0 Å². The number of nitrogens with one attached hydrogen (secondary N) is 1. The second-order valence-electron chi connectivity index (χ2n) is 12.8. The van der Waals surface area contributed by atoms with Crippen molar-refractivity contribution in [3.63, 3.8) is 0 Å². The number of hydrogen-bond donors (Lipinski definition) is 2. The summed E-state index contributed by atoms with van der Waals surface area (Å²) in [5, 5.41) is 12.5. The van der Waals surface area contributed by atoms with Gasteiger partial charge in [0.25, 0.3) is 5.91 Å². The SMILES string of the molecule is CC(C)(COc1c(-c2cccc(C(F)(F)F)c2)cc(C(=O)NCCCCCCCc2ccccc2)cc1-c1cccc(C(F)(F)F)c1)C(=O)O. The summed E-state index contributed by atoms with van der Waals surface area (Å²) in [5.41, 5.74) is -2.30. The zero-order chi connectivity index (χ0) is 36.5. The van der Waals surface area contributed by atoms with Gasteiger partial charge in [0.15, 0.2) is 0 Å². The van der Waals surface area contributed by atoms with Crippen LogP contribution in [0.4, 0.5) is 26.3 Å². The molecule has 0 unspecified atom stereocenters. The first-order valence-corrected chi connectivity index (χ1v) is 16.3. The maximum atomic E-state index is 13.8. The topological polar surface area (TPSA) is 75.6 Å². The van der Waals surface area contributed by atoms with E-state index in [1.807, 2.05) is 18.2 Å². The Morgan fingerprint density at radius 3 is 1.72 bits per heavy atom. The third kappa shape index (κ3) is 10.4. The average Bonchev–Trinajstić information content (AvgIpc) is 3.07. The largest absolute Gasteiger partial charge is 0.491 e. The van der Waals surface area contributed by atoms with Gasteiger partial charge in [0.05, 0.1) is 16.5 Å². The first-order chi connectivity index (χ1) is 23.6. The second kappa shape index (κ2) is 16.3. The molecule has 4 rings (SSSR count). The summed E-state index contributed by atoms with van der Waals surface area (Å²) in [4.78, 5) is 25.4. The molecule has 0 aliphatic rings. The lowest BCUT2D eigenvalue weighted by Crippen LogP contribution is -2.31. The van der Waals surface area contributed by atoms with Crippen molar-refractivity contribution in [1.82, 2.24) is 5.32 Å². The minimum absolute atomic E-state index is 0.0162. The van der Waals surface area contributed by atoms with Gasteiger partial charge in [0.2, 0.25) is 0 Å². The fourth-order valence-electron chi connectivity index (χ4n) is 5.32. The monoisotopic (exact) mass is 699 g/mol. The van der Waals surface area contributed by atoms with E-state index in [9.17, 15) is 41.0 Å². The predicted molar refractivity (Wildman–Crippen MR) is 180 cm³/mol. The standard InChI is InChI=1S/C39H39F6NO4/c1-37(2,36(48)49)25-50-34-32(27-16-11-18-30(21-27)38(40,41)42)23-29(24-33(34)28-17-12-19-31(22-28)39(43,44)45)35(47)46-20-10-5-3-4-7-13-26-14-8-6-9-15-26/h6,8-9,11-12,14-19,21-24H,3-5,7,10,13,20,25H2,1-2H3,(H,46,47)(H,48,49). The molecule has 0 aliphatic carbocycles. The van der Waals surface area contributed by atoms with E-state index < -0.39 is 47.4 Å². The van der Waals surface area contributed by atoms with Crippen LogP contribution in [0.2, 0.25) is 0 Å². The first kappa shape index (κ1) is 38.0. The van der Waals surface area contributed by atoms with Crippen molar-refractivity contribution < 1.29 is 45.8 Å². The molecule has 1 amide bonds. The summed E-state index contributed by atoms with van der Waals surface area (Å²) < 4.78 is 88.6. The number of aliphatic carboxylic acids is 1. The summed E-state index contributed by atoms with van der Waals surface area (Å²) in [6.07, 6.45) is -3.93. The second-order valence-corrected chi connectivity index (χ2v) is 12.8. The van der Waals surface area contributed by atoms with Gasteiger partial charge in [-0.3, -0.25) is 9.59 Å². The zero-order valence-electron chi connectivity index (χ0n) is 27.8. The number of alkyl halides is 6. The molecule has 0 atom stereocenters. The number of halogens is 6.